The van der Waals surface area contributed by atoms with Crippen LogP contribution in [0.25, 0.3) is 0 Å². The van der Waals surface area contributed by atoms with Crippen LogP contribution in [-0.2, 0) is 21.9 Å². The number of aromatic nitrogens is 3. The van der Waals surface area contributed by atoms with Gasteiger partial charge in [0.25, 0.3) is 10.0 Å². The van der Waals surface area contributed by atoms with Gasteiger partial charge in [0.1, 0.15) is 0 Å². The normalized spacial score (nSPS) is 13.3. The number of aliphatic carboxylic acids is 1. The van der Waals surface area contributed by atoms with Crippen molar-refractivity contribution >= 4 is 31.9 Å². The topological polar surface area (TPSA) is 114 Å². The third kappa shape index (κ3) is 5.36. The summed E-state index contributed by atoms with van der Waals surface area (Å²) in [7, 11) is -2.19. The molecule has 8 nitrogen and oxygen atoms in total. The van der Waals surface area contributed by atoms with Crippen molar-refractivity contribution in [1.29, 1.82) is 0 Å². The summed E-state index contributed by atoms with van der Waals surface area (Å²) in [5, 5.41) is 15.9. The van der Waals surface area contributed by atoms with Crippen molar-refractivity contribution in [2.24, 2.45) is 13.0 Å². The van der Waals surface area contributed by atoms with Crippen LogP contribution >= 0.6 is 15.9 Å². The number of nitrogens with one attached hydrogen (secondary N) is 1. The molecule has 0 radical (unpaired) electrons. The van der Waals surface area contributed by atoms with Crippen LogP contribution in [0.3, 0.4) is 0 Å². The number of hydrogen-bond acceptors (Lipinski definition) is 5. The molecule has 0 aliphatic rings. The van der Waals surface area contributed by atoms with Gasteiger partial charge in [0.2, 0.25) is 5.03 Å². The number of rotatable bonds is 9. The minimum absolute atomic E-state index is 0.0268. The lowest BCUT2D eigenvalue weighted by Crippen LogP contribution is -2.28. The first-order chi connectivity index (χ1) is 9.77. The number of sulfonamides is 1. The van der Waals surface area contributed by atoms with Crippen LogP contribution in [0.2, 0.25) is 0 Å². The van der Waals surface area contributed by atoms with Gasteiger partial charge in [-0.2, -0.15) is 0 Å². The largest absolute Gasteiger partial charge is 0.481 e. The molecule has 0 saturated heterocycles. The summed E-state index contributed by atoms with van der Waals surface area (Å²) >= 11 is 3.05. The molecule has 2 N–H and O–H groups in total. The molecule has 10 heteroatoms. The number of aryl methyl sites for hydroxylation is 1. The first-order valence-corrected chi connectivity index (χ1v) is 8.82. The van der Waals surface area contributed by atoms with Crippen molar-refractivity contribution in [2.75, 3.05) is 6.54 Å². The highest BCUT2D eigenvalue weighted by atomic mass is 79.9. The minimum atomic E-state index is -3.69. The van der Waals surface area contributed by atoms with Gasteiger partial charge in [0.15, 0.2) is 4.60 Å². The molecule has 0 saturated carbocycles. The molecule has 1 atom stereocenters. The molecular weight excluding hydrogens is 364 g/mol. The number of carbonyl (C=O) groups is 1. The summed E-state index contributed by atoms with van der Waals surface area (Å²) in [4.78, 5) is 10.5. The van der Waals surface area contributed by atoms with Gasteiger partial charge in [-0.1, -0.05) is 18.6 Å². The molecule has 1 heterocycles. The Bertz CT molecular complexity index is 568. The molecule has 1 aromatic heterocycles. The molecule has 21 heavy (non-hydrogen) atoms. The highest BCUT2D eigenvalue weighted by Gasteiger charge is 2.23. The van der Waals surface area contributed by atoms with E-state index in [9.17, 15) is 13.2 Å². The van der Waals surface area contributed by atoms with Gasteiger partial charge in [-0.15, -0.1) is 5.10 Å². The van der Waals surface area contributed by atoms with E-state index in [-0.39, 0.29) is 28.5 Å². The fourth-order valence-corrected chi connectivity index (χ4v) is 4.09. The fraction of sp³-hybridized carbons (Fsp3) is 0.727. The van der Waals surface area contributed by atoms with Crippen LogP contribution in [0.15, 0.2) is 9.63 Å². The summed E-state index contributed by atoms with van der Waals surface area (Å²) in [6, 6.07) is 0. The van der Waals surface area contributed by atoms with Gasteiger partial charge >= 0.3 is 5.97 Å². The van der Waals surface area contributed by atoms with E-state index in [4.69, 9.17) is 5.11 Å². The average Bonchev–Trinajstić information content (AvgIpc) is 2.73. The molecule has 1 rings (SSSR count). The maximum Gasteiger partial charge on any atom is 0.303 e. The Hall–Kier alpha value is -1.00. The molecule has 0 fully saturated rings. The maximum atomic E-state index is 12.1. The predicted octanol–water partition coefficient (Wildman–Crippen LogP) is 1.14. The lowest BCUT2D eigenvalue weighted by molar-refractivity contribution is -0.137. The lowest BCUT2D eigenvalue weighted by Gasteiger charge is -2.14. The zero-order valence-electron chi connectivity index (χ0n) is 11.9. The van der Waals surface area contributed by atoms with Gasteiger partial charge in [-0.3, -0.25) is 4.79 Å². The summed E-state index contributed by atoms with van der Waals surface area (Å²) in [5.41, 5.74) is 0. The smallest absolute Gasteiger partial charge is 0.303 e. The van der Waals surface area contributed by atoms with E-state index in [0.717, 1.165) is 6.42 Å². The van der Waals surface area contributed by atoms with E-state index in [1.165, 1.54) is 11.7 Å². The predicted molar refractivity (Wildman–Crippen MR) is 79.2 cm³/mol. The third-order valence-electron chi connectivity index (χ3n) is 3.18. The zero-order valence-corrected chi connectivity index (χ0v) is 14.3. The number of carboxylic acids is 1. The average molecular weight is 383 g/mol. The molecule has 0 spiro atoms. The summed E-state index contributed by atoms with van der Waals surface area (Å²) in [6.07, 6.45) is 2.05. The zero-order chi connectivity index (χ0) is 16.0. The second-order valence-electron chi connectivity index (χ2n) is 4.70. The number of carboxylic acid groups (broad SMARTS) is 1. The Balaban J connectivity index is 2.56. The summed E-state index contributed by atoms with van der Waals surface area (Å²) < 4.78 is 28.1. The molecule has 0 amide bonds. The standard InChI is InChI=1S/C11H19BrN4O4S/c1-3-8(4-5-9(17)18)6-7-13-21(19,20)11-10(12)14-15-16(11)2/h8,13H,3-7H2,1-2H3,(H,17,18). The Morgan fingerprint density at radius 2 is 2.14 bits per heavy atom. The van der Waals surface area contributed by atoms with E-state index < -0.39 is 16.0 Å². The van der Waals surface area contributed by atoms with Crippen LogP contribution in [-0.4, -0.2) is 41.0 Å². The van der Waals surface area contributed by atoms with Crippen molar-refractivity contribution in [3.8, 4) is 0 Å². The highest BCUT2D eigenvalue weighted by Crippen LogP contribution is 2.19. The lowest BCUT2D eigenvalue weighted by atomic mass is 9.97. The molecular formula is C11H19BrN4O4S. The van der Waals surface area contributed by atoms with Gasteiger partial charge in [0.05, 0.1) is 0 Å². The van der Waals surface area contributed by atoms with Crippen molar-refractivity contribution in [1.82, 2.24) is 19.7 Å². The van der Waals surface area contributed by atoms with Crippen molar-refractivity contribution in [2.45, 2.75) is 37.6 Å². The van der Waals surface area contributed by atoms with E-state index >= 15 is 0 Å². The molecule has 0 aliphatic carbocycles. The van der Waals surface area contributed by atoms with Crippen molar-refractivity contribution < 1.29 is 18.3 Å². The second kappa shape index (κ2) is 7.85. The third-order valence-corrected chi connectivity index (χ3v) is 5.53. The van der Waals surface area contributed by atoms with Crippen LogP contribution in [0.4, 0.5) is 0 Å². The van der Waals surface area contributed by atoms with Crippen LogP contribution in [0.5, 0.6) is 0 Å². The van der Waals surface area contributed by atoms with E-state index in [0.29, 0.717) is 12.8 Å². The molecule has 0 bridgehead atoms. The highest BCUT2D eigenvalue weighted by molar-refractivity contribution is 9.10. The van der Waals surface area contributed by atoms with Gasteiger partial charge < -0.3 is 5.11 Å². The van der Waals surface area contributed by atoms with Gasteiger partial charge in [-0.25, -0.2) is 17.8 Å². The van der Waals surface area contributed by atoms with E-state index in [2.05, 4.69) is 31.0 Å². The Morgan fingerprint density at radius 3 is 2.62 bits per heavy atom. The van der Waals surface area contributed by atoms with Gasteiger partial charge in [0, 0.05) is 20.0 Å². The van der Waals surface area contributed by atoms with Crippen LogP contribution in [0, 0.1) is 5.92 Å². The molecule has 1 aromatic rings. The Kier molecular flexibility index (Phi) is 6.75. The summed E-state index contributed by atoms with van der Waals surface area (Å²) in [6.45, 7) is 2.21. The summed E-state index contributed by atoms with van der Waals surface area (Å²) in [5.74, 6) is -0.657. The first-order valence-electron chi connectivity index (χ1n) is 6.54. The molecule has 0 aliphatic heterocycles. The number of hydrogen-bond donors (Lipinski definition) is 2. The first kappa shape index (κ1) is 18.1. The van der Waals surface area contributed by atoms with E-state index in [1.807, 2.05) is 6.92 Å². The van der Waals surface area contributed by atoms with Crippen LogP contribution < -0.4 is 4.72 Å². The second-order valence-corrected chi connectivity index (χ2v) is 7.14. The van der Waals surface area contributed by atoms with Crippen molar-refractivity contribution in [3.63, 3.8) is 0 Å². The quantitative estimate of drug-likeness (QED) is 0.661. The van der Waals surface area contributed by atoms with Crippen molar-refractivity contribution in [3.05, 3.63) is 4.60 Å². The van der Waals surface area contributed by atoms with E-state index in [1.54, 1.807) is 0 Å². The van der Waals surface area contributed by atoms with Gasteiger partial charge in [-0.05, 0) is 34.7 Å². The fourth-order valence-electron chi connectivity index (χ4n) is 1.95. The monoisotopic (exact) mass is 382 g/mol. The number of halogens is 1. The molecule has 1 unspecified atom stereocenters. The minimum Gasteiger partial charge on any atom is -0.481 e. The Morgan fingerprint density at radius 1 is 1.48 bits per heavy atom. The maximum absolute atomic E-state index is 12.1. The van der Waals surface area contributed by atoms with Crippen LogP contribution in [0.1, 0.15) is 32.6 Å². The number of nitrogens with zero attached hydrogens (tertiary/aromatic N) is 3. The SMILES string of the molecule is CCC(CCNS(=O)(=O)c1c(Br)nnn1C)CCC(=O)O. The molecule has 0 aromatic carbocycles. The molecule has 120 valence electrons. The Labute approximate surface area is 132 Å².